The molecule has 1 fully saturated rings. The van der Waals surface area contributed by atoms with E-state index in [-0.39, 0.29) is 17.7 Å². The molecule has 0 unspecified atom stereocenters. The molecule has 4 aromatic rings. The highest BCUT2D eigenvalue weighted by Crippen LogP contribution is 2.26. The van der Waals surface area contributed by atoms with Crippen molar-refractivity contribution >= 4 is 29.2 Å². The van der Waals surface area contributed by atoms with Crippen molar-refractivity contribution in [2.24, 2.45) is 16.6 Å². The maximum Gasteiger partial charge on any atom is 0.249 e. The van der Waals surface area contributed by atoms with Gasteiger partial charge in [0.15, 0.2) is 5.82 Å². The zero-order valence-corrected chi connectivity index (χ0v) is 17.3. The van der Waals surface area contributed by atoms with Gasteiger partial charge < -0.3 is 11.1 Å². The molecule has 0 aliphatic heterocycles. The Bertz CT molecular complexity index is 1250. The SMILES string of the molecule is NC1CCC(C=Nc2ncc(F)c(-c3cnc4ccc(Nc5cncnc5)cn34)n2)CC1. The Balaban J connectivity index is 1.44. The molecule has 4 heterocycles. The summed E-state index contributed by atoms with van der Waals surface area (Å²) in [4.78, 5) is 25.2. The van der Waals surface area contributed by atoms with Crippen molar-refractivity contribution in [1.29, 1.82) is 0 Å². The topological polar surface area (TPSA) is 119 Å². The number of anilines is 2. The molecule has 0 amide bonds. The van der Waals surface area contributed by atoms with Gasteiger partial charge in [0, 0.05) is 18.5 Å². The monoisotopic (exact) mass is 431 g/mol. The summed E-state index contributed by atoms with van der Waals surface area (Å²) in [6.07, 6.45) is 15.2. The Kier molecular flexibility index (Phi) is 5.51. The van der Waals surface area contributed by atoms with Crippen LogP contribution in [0.1, 0.15) is 25.7 Å². The minimum atomic E-state index is -0.538. The highest BCUT2D eigenvalue weighted by molar-refractivity contribution is 5.67. The lowest BCUT2D eigenvalue weighted by Gasteiger charge is -2.22. The van der Waals surface area contributed by atoms with Crippen LogP contribution in [0.4, 0.5) is 21.7 Å². The molecule has 0 aromatic carbocycles. The molecule has 0 saturated heterocycles. The molecule has 32 heavy (non-hydrogen) atoms. The summed E-state index contributed by atoms with van der Waals surface area (Å²) in [7, 11) is 0. The van der Waals surface area contributed by atoms with Crippen LogP contribution < -0.4 is 11.1 Å². The molecule has 0 atom stereocenters. The molecule has 4 aromatic heterocycles. The molecule has 10 heteroatoms. The van der Waals surface area contributed by atoms with Crippen LogP contribution >= 0.6 is 0 Å². The highest BCUT2D eigenvalue weighted by atomic mass is 19.1. The number of fused-ring (bicyclic) bond motifs is 1. The average Bonchev–Trinajstić information content (AvgIpc) is 3.23. The summed E-state index contributed by atoms with van der Waals surface area (Å²) in [6, 6.07) is 3.99. The van der Waals surface area contributed by atoms with Gasteiger partial charge in [-0.05, 0) is 43.7 Å². The zero-order chi connectivity index (χ0) is 21.9. The third-order valence-electron chi connectivity index (χ3n) is 5.55. The molecule has 0 spiro atoms. The fourth-order valence-corrected chi connectivity index (χ4v) is 3.83. The van der Waals surface area contributed by atoms with Crippen molar-refractivity contribution in [2.45, 2.75) is 31.7 Å². The largest absolute Gasteiger partial charge is 0.352 e. The van der Waals surface area contributed by atoms with Crippen LogP contribution in [0.3, 0.4) is 0 Å². The van der Waals surface area contributed by atoms with E-state index in [0.29, 0.717) is 17.3 Å². The Morgan fingerprint density at radius 1 is 1.03 bits per heavy atom. The number of aromatic nitrogens is 6. The second-order valence-corrected chi connectivity index (χ2v) is 7.86. The van der Waals surface area contributed by atoms with Gasteiger partial charge in [-0.2, -0.15) is 0 Å². The van der Waals surface area contributed by atoms with E-state index in [1.165, 1.54) is 6.33 Å². The van der Waals surface area contributed by atoms with Crippen molar-refractivity contribution < 1.29 is 4.39 Å². The lowest BCUT2D eigenvalue weighted by Crippen LogP contribution is -2.26. The third-order valence-corrected chi connectivity index (χ3v) is 5.55. The number of nitrogens with one attached hydrogen (secondary N) is 1. The van der Waals surface area contributed by atoms with Crippen LogP contribution in [-0.4, -0.2) is 41.6 Å². The molecular formula is C22H22FN9. The van der Waals surface area contributed by atoms with Crippen LogP contribution in [0.5, 0.6) is 0 Å². The standard InChI is InChI=1S/C22H22FN9/c23-18-10-29-22(28-7-14-1-3-15(24)4-2-14)31-21(18)19-11-27-20-6-5-16(12-32(19)20)30-17-8-25-13-26-9-17/h5-15,30H,1-4,24H2. The molecule has 1 aliphatic rings. The van der Waals surface area contributed by atoms with Crippen LogP contribution in [-0.2, 0) is 0 Å². The second-order valence-electron chi connectivity index (χ2n) is 7.86. The number of pyridine rings is 1. The van der Waals surface area contributed by atoms with E-state index in [0.717, 1.165) is 43.3 Å². The number of hydrogen-bond acceptors (Lipinski definition) is 8. The smallest absolute Gasteiger partial charge is 0.249 e. The second kappa shape index (κ2) is 8.75. The number of rotatable bonds is 5. The lowest BCUT2D eigenvalue weighted by molar-refractivity contribution is 0.396. The first-order valence-corrected chi connectivity index (χ1v) is 10.5. The van der Waals surface area contributed by atoms with E-state index in [9.17, 15) is 4.39 Å². The Labute approximate surface area is 183 Å². The maximum absolute atomic E-state index is 14.7. The molecule has 1 saturated carbocycles. The molecule has 9 nitrogen and oxygen atoms in total. The van der Waals surface area contributed by atoms with Gasteiger partial charge in [0.1, 0.15) is 17.7 Å². The summed E-state index contributed by atoms with van der Waals surface area (Å²) in [5, 5.41) is 3.22. The van der Waals surface area contributed by atoms with Gasteiger partial charge in [0.25, 0.3) is 0 Å². The number of halogens is 1. The van der Waals surface area contributed by atoms with Crippen LogP contribution in [0, 0.1) is 11.7 Å². The summed E-state index contributed by atoms with van der Waals surface area (Å²) in [5.74, 6) is 0.0319. The van der Waals surface area contributed by atoms with E-state index >= 15 is 0 Å². The van der Waals surface area contributed by atoms with Gasteiger partial charge in [-0.1, -0.05) is 0 Å². The summed E-state index contributed by atoms with van der Waals surface area (Å²) >= 11 is 0. The summed E-state index contributed by atoms with van der Waals surface area (Å²) < 4.78 is 16.5. The molecule has 5 rings (SSSR count). The van der Waals surface area contributed by atoms with Crippen molar-refractivity contribution in [2.75, 3.05) is 5.32 Å². The quantitative estimate of drug-likeness (QED) is 0.463. The van der Waals surface area contributed by atoms with Gasteiger partial charge >= 0.3 is 0 Å². The number of nitrogens with zero attached hydrogens (tertiary/aromatic N) is 7. The van der Waals surface area contributed by atoms with Crippen molar-refractivity contribution in [3.05, 3.63) is 55.3 Å². The molecule has 0 bridgehead atoms. The van der Waals surface area contributed by atoms with Crippen molar-refractivity contribution in [3.8, 4) is 11.4 Å². The number of hydrogen-bond donors (Lipinski definition) is 2. The van der Waals surface area contributed by atoms with Gasteiger partial charge in [-0.25, -0.2) is 34.3 Å². The predicted octanol–water partition coefficient (Wildman–Crippen LogP) is 3.68. The predicted molar refractivity (Wildman–Crippen MR) is 120 cm³/mol. The van der Waals surface area contributed by atoms with Crippen LogP contribution in [0.2, 0.25) is 0 Å². The Morgan fingerprint density at radius 2 is 1.84 bits per heavy atom. The Morgan fingerprint density at radius 3 is 2.66 bits per heavy atom. The highest BCUT2D eigenvalue weighted by Gasteiger charge is 2.18. The van der Waals surface area contributed by atoms with Crippen molar-refractivity contribution in [3.63, 3.8) is 0 Å². The van der Waals surface area contributed by atoms with Gasteiger partial charge in [0.05, 0.1) is 41.9 Å². The minimum absolute atomic E-state index is 0.144. The van der Waals surface area contributed by atoms with Crippen LogP contribution in [0.15, 0.2) is 54.4 Å². The zero-order valence-electron chi connectivity index (χ0n) is 17.3. The summed E-state index contributed by atoms with van der Waals surface area (Å²) in [5.41, 5.74) is 8.79. The fraction of sp³-hybridized carbons (Fsp3) is 0.273. The number of imidazole rings is 1. The van der Waals surface area contributed by atoms with Gasteiger partial charge in [0.2, 0.25) is 5.95 Å². The minimum Gasteiger partial charge on any atom is -0.352 e. The first kappa shape index (κ1) is 20.1. The summed E-state index contributed by atoms with van der Waals surface area (Å²) in [6.45, 7) is 0. The fourth-order valence-electron chi connectivity index (χ4n) is 3.83. The van der Waals surface area contributed by atoms with E-state index < -0.39 is 5.82 Å². The maximum atomic E-state index is 14.7. The first-order chi connectivity index (χ1) is 15.7. The number of nitrogens with two attached hydrogens (primary N) is 1. The van der Waals surface area contributed by atoms with Gasteiger partial charge in [-0.15, -0.1) is 0 Å². The van der Waals surface area contributed by atoms with E-state index in [4.69, 9.17) is 5.73 Å². The number of aliphatic imine (C=N–C) groups is 1. The van der Waals surface area contributed by atoms with E-state index in [1.54, 1.807) is 23.0 Å². The Hall–Kier alpha value is -3.79. The van der Waals surface area contributed by atoms with E-state index in [1.807, 2.05) is 24.5 Å². The average molecular weight is 431 g/mol. The molecule has 3 N–H and O–H groups in total. The molecule has 1 aliphatic carbocycles. The van der Waals surface area contributed by atoms with Crippen molar-refractivity contribution in [1.82, 2.24) is 29.3 Å². The van der Waals surface area contributed by atoms with Crippen LogP contribution in [0.25, 0.3) is 17.0 Å². The molecule has 162 valence electrons. The van der Waals surface area contributed by atoms with E-state index in [2.05, 4.69) is 35.2 Å². The molecule has 0 radical (unpaired) electrons. The first-order valence-electron chi connectivity index (χ1n) is 10.5. The normalized spacial score (nSPS) is 18.9. The third kappa shape index (κ3) is 4.30. The van der Waals surface area contributed by atoms with Gasteiger partial charge in [-0.3, -0.25) is 4.40 Å². The molecular weight excluding hydrogens is 409 g/mol. The lowest BCUT2D eigenvalue weighted by atomic mass is 9.87.